The summed E-state index contributed by atoms with van der Waals surface area (Å²) in [5.41, 5.74) is -0.671. The Morgan fingerprint density at radius 1 is 1.35 bits per heavy atom. The first-order valence-corrected chi connectivity index (χ1v) is 6.27. The number of halogens is 1. The first-order valence-electron chi connectivity index (χ1n) is 5.89. The third-order valence-corrected chi connectivity index (χ3v) is 3.57. The standard InChI is InChI=1S/C14H11ClN2O3/c1-20-12-4-5-16-7-10(12)14(19)9-6-8(15)2-3-11(9)17-13(14)18/h2-7,19H,1H3,(H,17,18). The number of amides is 1. The highest BCUT2D eigenvalue weighted by Crippen LogP contribution is 2.44. The molecule has 1 aliphatic rings. The second kappa shape index (κ2) is 4.47. The van der Waals surface area contributed by atoms with Gasteiger partial charge in [-0.25, -0.2) is 0 Å². The number of nitrogens with one attached hydrogen (secondary N) is 1. The monoisotopic (exact) mass is 290 g/mol. The van der Waals surface area contributed by atoms with Crippen LogP contribution >= 0.6 is 11.6 Å². The maximum Gasteiger partial charge on any atom is 0.266 e. The van der Waals surface area contributed by atoms with E-state index in [-0.39, 0.29) is 5.56 Å². The Morgan fingerprint density at radius 3 is 2.90 bits per heavy atom. The van der Waals surface area contributed by atoms with Crippen molar-refractivity contribution in [3.8, 4) is 5.75 Å². The van der Waals surface area contributed by atoms with Crippen molar-refractivity contribution >= 4 is 23.2 Å². The number of pyridine rings is 1. The summed E-state index contributed by atoms with van der Waals surface area (Å²) in [4.78, 5) is 16.2. The number of hydrogen-bond acceptors (Lipinski definition) is 4. The minimum absolute atomic E-state index is 0.279. The molecule has 0 radical (unpaired) electrons. The summed E-state index contributed by atoms with van der Waals surface area (Å²) in [6.07, 6.45) is 2.94. The number of carbonyl (C=O) groups excluding carboxylic acids is 1. The van der Waals surface area contributed by atoms with E-state index in [2.05, 4.69) is 10.3 Å². The van der Waals surface area contributed by atoms with Gasteiger partial charge in [0.1, 0.15) is 5.75 Å². The molecule has 1 amide bonds. The predicted molar refractivity (Wildman–Crippen MR) is 73.9 cm³/mol. The van der Waals surface area contributed by atoms with Crippen LogP contribution in [-0.2, 0) is 10.4 Å². The number of aromatic nitrogens is 1. The number of aliphatic hydroxyl groups is 1. The first-order chi connectivity index (χ1) is 9.57. The zero-order chi connectivity index (χ0) is 14.3. The number of benzene rings is 1. The van der Waals surface area contributed by atoms with E-state index in [0.717, 1.165) is 0 Å². The number of rotatable bonds is 2. The van der Waals surface area contributed by atoms with Crippen molar-refractivity contribution in [2.24, 2.45) is 0 Å². The van der Waals surface area contributed by atoms with Crippen molar-refractivity contribution in [3.63, 3.8) is 0 Å². The maximum absolute atomic E-state index is 12.2. The Labute approximate surface area is 120 Å². The van der Waals surface area contributed by atoms with E-state index >= 15 is 0 Å². The fourth-order valence-corrected chi connectivity index (χ4v) is 2.53. The topological polar surface area (TPSA) is 71.5 Å². The highest BCUT2D eigenvalue weighted by Gasteiger charge is 2.48. The molecule has 0 saturated heterocycles. The highest BCUT2D eigenvalue weighted by molar-refractivity contribution is 6.31. The van der Waals surface area contributed by atoms with E-state index in [0.29, 0.717) is 22.0 Å². The molecule has 1 aromatic carbocycles. The molecule has 0 saturated carbocycles. The van der Waals surface area contributed by atoms with Crippen LogP contribution in [-0.4, -0.2) is 23.1 Å². The molecule has 0 spiro atoms. The molecule has 1 unspecified atom stereocenters. The highest BCUT2D eigenvalue weighted by atomic mass is 35.5. The summed E-state index contributed by atoms with van der Waals surface area (Å²) in [7, 11) is 1.47. The molecule has 1 atom stereocenters. The Hall–Kier alpha value is -2.11. The van der Waals surface area contributed by atoms with Crippen molar-refractivity contribution in [3.05, 3.63) is 52.8 Å². The molecule has 3 rings (SSSR count). The second-order valence-electron chi connectivity index (χ2n) is 4.43. The van der Waals surface area contributed by atoms with E-state index in [9.17, 15) is 9.90 Å². The molecular formula is C14H11ClN2O3. The van der Waals surface area contributed by atoms with Crippen molar-refractivity contribution in [1.29, 1.82) is 0 Å². The van der Waals surface area contributed by atoms with E-state index in [1.807, 2.05) is 0 Å². The molecule has 2 N–H and O–H groups in total. The third kappa shape index (κ3) is 1.67. The van der Waals surface area contributed by atoms with Gasteiger partial charge in [0.05, 0.1) is 12.7 Å². The van der Waals surface area contributed by atoms with Crippen molar-refractivity contribution < 1.29 is 14.6 Å². The van der Waals surface area contributed by atoms with Crippen LogP contribution in [0.5, 0.6) is 5.75 Å². The molecule has 0 bridgehead atoms. The third-order valence-electron chi connectivity index (χ3n) is 3.34. The number of ether oxygens (including phenoxy) is 1. The van der Waals surface area contributed by atoms with Gasteiger partial charge < -0.3 is 15.2 Å². The van der Waals surface area contributed by atoms with Crippen LogP contribution in [0.3, 0.4) is 0 Å². The number of anilines is 1. The minimum atomic E-state index is -1.86. The van der Waals surface area contributed by atoms with Crippen LogP contribution in [0.4, 0.5) is 5.69 Å². The van der Waals surface area contributed by atoms with Crippen LogP contribution < -0.4 is 10.1 Å². The maximum atomic E-state index is 12.2. The number of nitrogens with zero attached hydrogens (tertiary/aromatic N) is 1. The zero-order valence-corrected chi connectivity index (χ0v) is 11.3. The summed E-state index contributed by atoms with van der Waals surface area (Å²) < 4.78 is 5.20. The summed E-state index contributed by atoms with van der Waals surface area (Å²) >= 11 is 5.96. The van der Waals surface area contributed by atoms with Gasteiger partial charge >= 0.3 is 0 Å². The lowest BCUT2D eigenvalue weighted by Gasteiger charge is -2.23. The lowest BCUT2D eigenvalue weighted by molar-refractivity contribution is -0.129. The average Bonchev–Trinajstić information content (AvgIpc) is 2.72. The lowest BCUT2D eigenvalue weighted by Crippen LogP contribution is -2.35. The summed E-state index contributed by atoms with van der Waals surface area (Å²) in [5, 5.41) is 14.0. The van der Waals surface area contributed by atoms with Crippen molar-refractivity contribution in [1.82, 2.24) is 4.98 Å². The number of carbonyl (C=O) groups is 1. The van der Waals surface area contributed by atoms with Gasteiger partial charge in [0.2, 0.25) is 5.60 Å². The Kier molecular flexibility index (Phi) is 2.88. The average molecular weight is 291 g/mol. The van der Waals surface area contributed by atoms with Gasteiger partial charge in [-0.3, -0.25) is 9.78 Å². The van der Waals surface area contributed by atoms with E-state index in [4.69, 9.17) is 16.3 Å². The van der Waals surface area contributed by atoms with E-state index in [1.165, 1.54) is 19.5 Å². The van der Waals surface area contributed by atoms with Gasteiger partial charge in [0.15, 0.2) is 0 Å². The lowest BCUT2D eigenvalue weighted by atomic mass is 9.88. The molecule has 5 nitrogen and oxygen atoms in total. The number of hydrogen-bond donors (Lipinski definition) is 2. The smallest absolute Gasteiger partial charge is 0.266 e. The molecule has 102 valence electrons. The van der Waals surface area contributed by atoms with Gasteiger partial charge in [0, 0.05) is 28.7 Å². The summed E-state index contributed by atoms with van der Waals surface area (Å²) in [6, 6.07) is 6.44. The van der Waals surface area contributed by atoms with Crippen molar-refractivity contribution in [2.75, 3.05) is 12.4 Å². The molecule has 1 aliphatic heterocycles. The molecule has 2 heterocycles. The number of fused-ring (bicyclic) bond motifs is 1. The summed E-state index contributed by atoms with van der Waals surface area (Å²) in [6.45, 7) is 0. The Balaban J connectivity index is 2.27. The number of methoxy groups -OCH3 is 1. The van der Waals surface area contributed by atoms with Crippen LogP contribution in [0.15, 0.2) is 36.7 Å². The summed E-state index contributed by atoms with van der Waals surface area (Å²) in [5.74, 6) is -0.174. The fourth-order valence-electron chi connectivity index (χ4n) is 2.36. The van der Waals surface area contributed by atoms with Gasteiger partial charge in [-0.1, -0.05) is 11.6 Å². The Morgan fingerprint density at radius 2 is 2.15 bits per heavy atom. The zero-order valence-electron chi connectivity index (χ0n) is 10.6. The van der Waals surface area contributed by atoms with Gasteiger partial charge in [-0.15, -0.1) is 0 Å². The van der Waals surface area contributed by atoms with Gasteiger partial charge in [-0.2, -0.15) is 0 Å². The van der Waals surface area contributed by atoms with Crippen LogP contribution in [0, 0.1) is 0 Å². The molecule has 20 heavy (non-hydrogen) atoms. The molecule has 0 fully saturated rings. The molecule has 2 aromatic rings. The van der Waals surface area contributed by atoms with Crippen molar-refractivity contribution in [2.45, 2.75) is 5.60 Å². The first kappa shape index (κ1) is 12.9. The van der Waals surface area contributed by atoms with Crippen LogP contribution in [0.1, 0.15) is 11.1 Å². The SMILES string of the molecule is COc1ccncc1C1(O)C(=O)Nc2ccc(Cl)cc21. The predicted octanol–water partition coefficient (Wildman–Crippen LogP) is 1.93. The van der Waals surface area contributed by atoms with Crippen LogP contribution in [0.25, 0.3) is 0 Å². The largest absolute Gasteiger partial charge is 0.496 e. The molecule has 1 aromatic heterocycles. The quantitative estimate of drug-likeness (QED) is 0.886. The van der Waals surface area contributed by atoms with Gasteiger partial charge in [0.25, 0.3) is 5.91 Å². The Bertz CT molecular complexity index is 705. The van der Waals surface area contributed by atoms with Crippen LogP contribution in [0.2, 0.25) is 5.02 Å². The minimum Gasteiger partial charge on any atom is -0.496 e. The normalized spacial score (nSPS) is 20.4. The van der Waals surface area contributed by atoms with E-state index < -0.39 is 11.5 Å². The fraction of sp³-hybridized carbons (Fsp3) is 0.143. The van der Waals surface area contributed by atoms with Gasteiger partial charge in [-0.05, 0) is 24.3 Å². The molecule has 6 heteroatoms. The second-order valence-corrected chi connectivity index (χ2v) is 4.87. The molecule has 0 aliphatic carbocycles. The van der Waals surface area contributed by atoms with E-state index in [1.54, 1.807) is 24.3 Å². The molecular weight excluding hydrogens is 280 g/mol.